The molecule has 0 atom stereocenters. The van der Waals surface area contributed by atoms with Crippen molar-refractivity contribution in [3.05, 3.63) is 34.9 Å². The molecule has 1 aromatic carbocycles. The van der Waals surface area contributed by atoms with Gasteiger partial charge in [-0.25, -0.2) is 17.6 Å². The molecule has 1 rings (SSSR count). The Kier molecular flexibility index (Phi) is 4.93. The highest BCUT2D eigenvalue weighted by atomic mass is 19.2. The standard InChI is InChI=1S/C13H14F4N2O2/c1-13(2,3)19-8(20)5-18-12(21)6-4-7(14)10(16)11(17)9(6)15/h4H,5H2,1-3H3,(H,18,21)(H,19,20). The van der Waals surface area contributed by atoms with Gasteiger partial charge >= 0.3 is 0 Å². The lowest BCUT2D eigenvalue weighted by Gasteiger charge is -2.20. The Labute approximate surface area is 118 Å². The molecule has 4 nitrogen and oxygen atoms in total. The summed E-state index contributed by atoms with van der Waals surface area (Å²) in [6, 6.07) is 0.227. The van der Waals surface area contributed by atoms with Crippen molar-refractivity contribution in [1.82, 2.24) is 10.6 Å². The molecule has 0 aliphatic rings. The monoisotopic (exact) mass is 306 g/mol. The van der Waals surface area contributed by atoms with Crippen LogP contribution in [0.15, 0.2) is 6.07 Å². The fraction of sp³-hybridized carbons (Fsp3) is 0.385. The Morgan fingerprint density at radius 1 is 1.05 bits per heavy atom. The Bertz CT molecular complexity index is 583. The van der Waals surface area contributed by atoms with Gasteiger partial charge in [0.1, 0.15) is 0 Å². The van der Waals surface area contributed by atoms with Crippen LogP contribution in [0.2, 0.25) is 0 Å². The SMILES string of the molecule is CC(C)(C)NC(=O)CNC(=O)c1cc(F)c(F)c(F)c1F. The van der Waals surface area contributed by atoms with E-state index in [0.717, 1.165) is 0 Å². The van der Waals surface area contributed by atoms with E-state index in [-0.39, 0.29) is 6.07 Å². The third-order valence-corrected chi connectivity index (χ3v) is 2.27. The van der Waals surface area contributed by atoms with Crippen molar-refractivity contribution in [2.75, 3.05) is 6.54 Å². The second kappa shape index (κ2) is 6.11. The topological polar surface area (TPSA) is 58.2 Å². The first-order valence-corrected chi connectivity index (χ1v) is 5.95. The van der Waals surface area contributed by atoms with Gasteiger partial charge in [-0.05, 0) is 26.8 Å². The molecule has 0 spiro atoms. The molecule has 0 heterocycles. The number of halogens is 4. The lowest BCUT2D eigenvalue weighted by molar-refractivity contribution is -0.121. The second-order valence-corrected chi connectivity index (χ2v) is 5.33. The van der Waals surface area contributed by atoms with E-state index in [1.165, 1.54) is 0 Å². The molecule has 8 heteroatoms. The molecule has 2 amide bonds. The summed E-state index contributed by atoms with van der Waals surface area (Å²) in [7, 11) is 0. The van der Waals surface area contributed by atoms with E-state index in [9.17, 15) is 27.2 Å². The summed E-state index contributed by atoms with van der Waals surface area (Å²) in [6.45, 7) is 4.60. The Morgan fingerprint density at radius 3 is 2.14 bits per heavy atom. The average molecular weight is 306 g/mol. The minimum Gasteiger partial charge on any atom is -0.350 e. The largest absolute Gasteiger partial charge is 0.350 e. The molecule has 0 radical (unpaired) electrons. The number of carbonyl (C=O) groups excluding carboxylic acids is 2. The first kappa shape index (κ1) is 16.9. The number of amides is 2. The zero-order valence-electron chi connectivity index (χ0n) is 11.6. The van der Waals surface area contributed by atoms with Crippen LogP contribution in [0.3, 0.4) is 0 Å². The van der Waals surface area contributed by atoms with Crippen molar-refractivity contribution in [3.8, 4) is 0 Å². The predicted octanol–water partition coefficient (Wildman–Crippen LogP) is 1.89. The third kappa shape index (κ3) is 4.44. The first-order valence-electron chi connectivity index (χ1n) is 5.95. The predicted molar refractivity (Wildman–Crippen MR) is 66.5 cm³/mol. The highest BCUT2D eigenvalue weighted by molar-refractivity contribution is 5.96. The van der Waals surface area contributed by atoms with Crippen molar-refractivity contribution in [1.29, 1.82) is 0 Å². The Balaban J connectivity index is 2.80. The quantitative estimate of drug-likeness (QED) is 0.509. The summed E-state index contributed by atoms with van der Waals surface area (Å²) in [5.41, 5.74) is -1.56. The van der Waals surface area contributed by atoms with Gasteiger partial charge in [-0.1, -0.05) is 0 Å². The molecule has 21 heavy (non-hydrogen) atoms. The summed E-state index contributed by atoms with van der Waals surface area (Å²) in [5.74, 6) is -9.40. The molecule has 0 saturated heterocycles. The number of carbonyl (C=O) groups is 2. The first-order chi connectivity index (χ1) is 9.53. The van der Waals surface area contributed by atoms with Crippen LogP contribution in [0.25, 0.3) is 0 Å². The van der Waals surface area contributed by atoms with E-state index in [2.05, 4.69) is 5.32 Å². The highest BCUT2D eigenvalue weighted by Crippen LogP contribution is 2.18. The van der Waals surface area contributed by atoms with Crippen LogP contribution in [0.1, 0.15) is 31.1 Å². The van der Waals surface area contributed by atoms with Gasteiger partial charge in [0, 0.05) is 5.54 Å². The minimum atomic E-state index is -2.08. The van der Waals surface area contributed by atoms with Crippen LogP contribution in [0.4, 0.5) is 17.6 Å². The number of hydrogen-bond acceptors (Lipinski definition) is 2. The molecule has 0 aliphatic carbocycles. The molecule has 0 aliphatic heterocycles. The Morgan fingerprint density at radius 2 is 1.62 bits per heavy atom. The van der Waals surface area contributed by atoms with Gasteiger partial charge in [-0.15, -0.1) is 0 Å². The van der Waals surface area contributed by atoms with Crippen LogP contribution in [0, 0.1) is 23.3 Å². The summed E-state index contributed by atoms with van der Waals surface area (Å²) in [6.07, 6.45) is 0. The Hall–Kier alpha value is -2.12. The second-order valence-electron chi connectivity index (χ2n) is 5.33. The normalized spacial score (nSPS) is 11.2. The zero-order chi connectivity index (χ0) is 16.4. The van der Waals surface area contributed by atoms with Crippen LogP contribution < -0.4 is 10.6 Å². The molecule has 1 aromatic rings. The lowest BCUT2D eigenvalue weighted by atomic mass is 10.1. The van der Waals surface area contributed by atoms with Crippen molar-refractivity contribution >= 4 is 11.8 Å². The molecule has 2 N–H and O–H groups in total. The smallest absolute Gasteiger partial charge is 0.254 e. The number of benzene rings is 1. The van der Waals surface area contributed by atoms with Crippen molar-refractivity contribution in [2.45, 2.75) is 26.3 Å². The van der Waals surface area contributed by atoms with Gasteiger partial charge < -0.3 is 10.6 Å². The fourth-order valence-corrected chi connectivity index (χ4v) is 1.46. The maximum atomic E-state index is 13.3. The molecular weight excluding hydrogens is 292 g/mol. The van der Waals surface area contributed by atoms with Gasteiger partial charge in [0.25, 0.3) is 5.91 Å². The molecule has 0 unspecified atom stereocenters. The van der Waals surface area contributed by atoms with Crippen LogP contribution in [-0.2, 0) is 4.79 Å². The van der Waals surface area contributed by atoms with E-state index in [1.807, 2.05) is 5.32 Å². The molecular formula is C13H14F4N2O2. The highest BCUT2D eigenvalue weighted by Gasteiger charge is 2.23. The van der Waals surface area contributed by atoms with E-state index in [4.69, 9.17) is 0 Å². The minimum absolute atomic E-state index is 0.227. The van der Waals surface area contributed by atoms with Gasteiger partial charge in [0.2, 0.25) is 5.91 Å². The number of hydrogen-bond donors (Lipinski definition) is 2. The lowest BCUT2D eigenvalue weighted by Crippen LogP contribution is -2.46. The molecule has 0 aromatic heterocycles. The van der Waals surface area contributed by atoms with Crippen LogP contribution in [0.5, 0.6) is 0 Å². The zero-order valence-corrected chi connectivity index (χ0v) is 11.6. The molecule has 0 bridgehead atoms. The summed E-state index contributed by atoms with van der Waals surface area (Å²) in [5, 5.41) is 4.51. The molecule has 0 fully saturated rings. The van der Waals surface area contributed by atoms with Gasteiger partial charge in [0.15, 0.2) is 23.3 Å². The molecule has 0 saturated carbocycles. The van der Waals surface area contributed by atoms with Crippen LogP contribution in [-0.4, -0.2) is 23.9 Å². The maximum Gasteiger partial charge on any atom is 0.254 e. The molecule has 116 valence electrons. The van der Waals surface area contributed by atoms with Gasteiger partial charge in [0.05, 0.1) is 12.1 Å². The van der Waals surface area contributed by atoms with E-state index >= 15 is 0 Å². The number of rotatable bonds is 3. The summed E-state index contributed by atoms with van der Waals surface area (Å²) >= 11 is 0. The van der Waals surface area contributed by atoms with Crippen molar-refractivity contribution in [2.24, 2.45) is 0 Å². The van der Waals surface area contributed by atoms with E-state index < -0.39 is 52.7 Å². The number of nitrogens with one attached hydrogen (secondary N) is 2. The van der Waals surface area contributed by atoms with E-state index in [0.29, 0.717) is 0 Å². The fourth-order valence-electron chi connectivity index (χ4n) is 1.46. The third-order valence-electron chi connectivity index (χ3n) is 2.27. The average Bonchev–Trinajstić information content (AvgIpc) is 2.35. The van der Waals surface area contributed by atoms with Crippen molar-refractivity contribution < 1.29 is 27.2 Å². The van der Waals surface area contributed by atoms with Gasteiger partial charge in [-0.3, -0.25) is 9.59 Å². The van der Waals surface area contributed by atoms with Crippen LogP contribution >= 0.6 is 0 Å². The maximum absolute atomic E-state index is 13.3. The van der Waals surface area contributed by atoms with Crippen molar-refractivity contribution in [3.63, 3.8) is 0 Å². The van der Waals surface area contributed by atoms with Gasteiger partial charge in [-0.2, -0.15) is 0 Å². The summed E-state index contributed by atoms with van der Waals surface area (Å²) in [4.78, 5) is 23.0. The summed E-state index contributed by atoms with van der Waals surface area (Å²) < 4.78 is 52.0. The van der Waals surface area contributed by atoms with E-state index in [1.54, 1.807) is 20.8 Å².